The van der Waals surface area contributed by atoms with Crippen molar-refractivity contribution in [3.8, 4) is 0 Å². The fourth-order valence-electron chi connectivity index (χ4n) is 15.5. The molecular formula is C67H88N6O8S12. The number of methoxy groups -OCH3 is 1. The summed E-state index contributed by atoms with van der Waals surface area (Å²) in [6.45, 7) is 46.0. The molecule has 26 heteroatoms. The van der Waals surface area contributed by atoms with Gasteiger partial charge in [0.2, 0.25) is 11.8 Å². The molecule has 2 N–H and O–H groups in total. The van der Waals surface area contributed by atoms with Crippen LogP contribution in [-0.4, -0.2) is 176 Å². The minimum absolute atomic E-state index is 0.0181. The first-order valence-electron chi connectivity index (χ1n) is 32.0. The Morgan fingerprint density at radius 3 is 0.785 bits per heavy atom. The fraction of sp³-hybridized carbons (Fsp3) is 0.657. The summed E-state index contributed by atoms with van der Waals surface area (Å²) in [5, 5.41) is 25.2. The maximum Gasteiger partial charge on any atom is 0.340 e. The Labute approximate surface area is 601 Å². The fourth-order valence-corrected chi connectivity index (χ4v) is 33.4. The first-order valence-corrected chi connectivity index (χ1v) is 41.8. The summed E-state index contributed by atoms with van der Waals surface area (Å²) in [6.07, 6.45) is 1.07. The van der Waals surface area contributed by atoms with Gasteiger partial charge in [0.05, 0.1) is 71.2 Å². The highest BCUT2D eigenvalue weighted by Crippen LogP contribution is 2.75. The Hall–Kier alpha value is -0.950. The van der Waals surface area contributed by atoms with Crippen molar-refractivity contribution < 1.29 is 39.1 Å². The standard InChI is InChI=1S/C67H88N6O8S12/c1-58(2)30-32(60(5,6)72(58)79)53(74)68-22-26-70(27-23-68)55(76)38-47-41(82-62(9,10)88-47)35(42-48(38)89-63(11,12)83-42)34(37-45-51(92-66(17,18)86-45)40(57(78)81-21)52-46(37)87-67(19,20)93-52)36-43-49(90-64(13,14)84-43)39(50-44(36)85-65(15,16)91-50)56(77)71-28-24-69(25-29-71)54(75)33-31-59(3,4)73(80)61(33,7)8/h32-34,79-80H,22-31H2,1-21H3. The van der Waals surface area contributed by atoms with Crippen LogP contribution < -0.4 is 0 Å². The highest BCUT2D eigenvalue weighted by molar-refractivity contribution is 8.23. The molecule has 0 radical (unpaired) electrons. The summed E-state index contributed by atoms with van der Waals surface area (Å²) in [6, 6.07) is 0. The number of hydrogen-bond acceptors (Lipinski definition) is 22. The van der Waals surface area contributed by atoms with E-state index < -0.39 is 39.9 Å². The van der Waals surface area contributed by atoms with E-state index in [-0.39, 0.29) is 54.1 Å². The number of carbonyl (C=O) groups excluding carboxylic acids is 5. The number of esters is 1. The maximum absolute atomic E-state index is 16.2. The van der Waals surface area contributed by atoms with Gasteiger partial charge in [-0.05, 0) is 168 Å². The number of piperazine rings is 2. The van der Waals surface area contributed by atoms with Crippen LogP contribution in [0.3, 0.4) is 0 Å². The monoisotopic (exact) mass is 1490 g/mol. The van der Waals surface area contributed by atoms with Crippen LogP contribution in [0.4, 0.5) is 0 Å². The van der Waals surface area contributed by atoms with Gasteiger partial charge in [0.25, 0.3) is 11.8 Å². The Kier molecular flexibility index (Phi) is 17.7. The summed E-state index contributed by atoms with van der Waals surface area (Å²) >= 11 is 21.6. The number of carbonyl (C=O) groups is 5. The molecule has 2 atom stereocenters. The van der Waals surface area contributed by atoms with Crippen molar-refractivity contribution in [2.45, 2.75) is 263 Å². The maximum atomic E-state index is 16.2. The van der Waals surface area contributed by atoms with E-state index in [9.17, 15) is 24.8 Å². The van der Waals surface area contributed by atoms with Gasteiger partial charge in [-0.25, -0.2) is 4.79 Å². The summed E-state index contributed by atoms with van der Waals surface area (Å²) in [4.78, 5) is 96.1. The Bertz CT molecular complexity index is 3470. The molecular weight excluding hydrogens is 1400 g/mol. The lowest BCUT2D eigenvalue weighted by molar-refractivity contribution is -0.198. The lowest BCUT2D eigenvalue weighted by atomic mass is 9.83. The van der Waals surface area contributed by atoms with Crippen LogP contribution in [0, 0.1) is 11.8 Å². The van der Waals surface area contributed by atoms with Crippen LogP contribution in [0.25, 0.3) is 0 Å². The van der Waals surface area contributed by atoms with E-state index >= 15 is 9.59 Å². The molecule has 13 rings (SSSR count). The van der Waals surface area contributed by atoms with Gasteiger partial charge in [0.15, 0.2) is 0 Å². The van der Waals surface area contributed by atoms with Crippen molar-refractivity contribution in [2.75, 3.05) is 59.5 Å². The SMILES string of the molecule is COC(=O)c1c2c(c(C(c3c4c(c(C(=O)N5CCN(C(=O)C6CC(C)(C)N(O)C6(C)C)CC5)c5c3SC(C)(C)S5)SC(C)(C)S4)c3c4c(c(C(=O)N5CCN(C(=O)C6CC(C)(C)N(O)C6(C)C)CC5)c5c3SC(C)(C)S5)SC(C)(C)S4)c3c1SC(C)(C)S3)SC(C)(C)S2. The van der Waals surface area contributed by atoms with E-state index in [1.54, 1.807) is 70.6 Å². The van der Waals surface area contributed by atoms with Gasteiger partial charge in [-0.3, -0.25) is 19.2 Å². The second-order valence-electron chi connectivity index (χ2n) is 31.2. The topological polar surface area (TPSA) is 154 Å². The molecule has 4 amide bonds. The molecule has 93 heavy (non-hydrogen) atoms. The van der Waals surface area contributed by atoms with Gasteiger partial charge in [-0.15, -0.1) is 141 Å². The molecule has 506 valence electrons. The zero-order chi connectivity index (χ0) is 67.7. The van der Waals surface area contributed by atoms with Crippen LogP contribution in [0.5, 0.6) is 0 Å². The molecule has 0 bridgehead atoms. The van der Waals surface area contributed by atoms with Gasteiger partial charge in [0.1, 0.15) is 0 Å². The number of rotatable bonds is 8. The number of ether oxygens (including phenoxy) is 1. The number of hydrogen-bond donors (Lipinski definition) is 2. The van der Waals surface area contributed by atoms with E-state index in [0.29, 0.717) is 70.8 Å². The Morgan fingerprint density at radius 2 is 0.570 bits per heavy atom. The zero-order valence-corrected chi connectivity index (χ0v) is 67.0. The van der Waals surface area contributed by atoms with Crippen molar-refractivity contribution in [1.82, 2.24) is 29.7 Å². The molecule has 10 aliphatic rings. The number of benzene rings is 3. The molecule has 14 nitrogen and oxygen atoms in total. The van der Waals surface area contributed by atoms with Crippen LogP contribution in [0.15, 0.2) is 58.7 Å². The van der Waals surface area contributed by atoms with E-state index in [0.717, 1.165) is 69.9 Å². The Morgan fingerprint density at radius 1 is 0.355 bits per heavy atom. The van der Waals surface area contributed by atoms with Crippen LogP contribution in [-0.2, 0) is 14.3 Å². The molecule has 0 saturated carbocycles. The molecule has 4 saturated heterocycles. The van der Waals surface area contributed by atoms with Gasteiger partial charge >= 0.3 is 5.97 Å². The number of hydroxylamine groups is 4. The predicted octanol–water partition coefficient (Wildman–Crippen LogP) is 17.4. The Balaban J connectivity index is 1.01. The van der Waals surface area contributed by atoms with Gasteiger partial charge in [-0.2, -0.15) is 10.1 Å². The number of nitrogens with zero attached hydrogens (tertiary/aromatic N) is 6. The van der Waals surface area contributed by atoms with Gasteiger partial charge in [0, 0.05) is 128 Å². The molecule has 3 aromatic carbocycles. The van der Waals surface area contributed by atoms with Crippen LogP contribution >= 0.6 is 141 Å². The molecule has 10 aliphatic heterocycles. The molecule has 4 fully saturated rings. The average molecular weight is 1490 g/mol. The van der Waals surface area contributed by atoms with Crippen molar-refractivity contribution in [2.24, 2.45) is 11.8 Å². The van der Waals surface area contributed by atoms with Crippen molar-refractivity contribution >= 4 is 171 Å². The predicted molar refractivity (Wildman–Crippen MR) is 391 cm³/mol. The van der Waals surface area contributed by atoms with Crippen LogP contribution in [0.2, 0.25) is 0 Å². The van der Waals surface area contributed by atoms with Crippen molar-refractivity contribution in [3.63, 3.8) is 0 Å². The lowest BCUT2D eigenvalue weighted by Gasteiger charge is -2.39. The number of fused-ring (bicyclic) bond motifs is 6. The number of amides is 4. The summed E-state index contributed by atoms with van der Waals surface area (Å²) < 4.78 is 3.49. The minimum atomic E-state index is -0.750. The molecule has 0 spiro atoms. The molecule has 0 aromatic heterocycles. The first kappa shape index (κ1) is 70.5. The second-order valence-corrected chi connectivity index (χ2v) is 52.3. The van der Waals surface area contributed by atoms with Gasteiger partial charge in [-0.1, -0.05) is 0 Å². The summed E-state index contributed by atoms with van der Waals surface area (Å²) in [7, 11) is 1.49. The highest BCUT2D eigenvalue weighted by atomic mass is 32.2. The van der Waals surface area contributed by atoms with Gasteiger partial charge < -0.3 is 34.8 Å². The summed E-state index contributed by atoms with van der Waals surface area (Å²) in [5.41, 5.74) is 2.99. The largest absolute Gasteiger partial charge is 0.465 e. The second kappa shape index (κ2) is 23.3. The normalized spacial score (nSPS) is 27.0. The van der Waals surface area contributed by atoms with E-state index in [1.807, 2.05) is 146 Å². The van der Waals surface area contributed by atoms with E-state index in [4.69, 9.17) is 4.74 Å². The zero-order valence-electron chi connectivity index (χ0n) is 57.2. The third-order valence-corrected chi connectivity index (χ3v) is 36.7. The van der Waals surface area contributed by atoms with Crippen molar-refractivity contribution in [1.29, 1.82) is 0 Å². The molecule has 3 aromatic rings. The van der Waals surface area contributed by atoms with Crippen LogP contribution in [0.1, 0.15) is 205 Å². The quantitative estimate of drug-likeness (QED) is 0.162. The third-order valence-electron chi connectivity index (χ3n) is 19.6. The third kappa shape index (κ3) is 11.8. The highest BCUT2D eigenvalue weighted by Gasteiger charge is 2.59. The molecule has 2 unspecified atom stereocenters. The summed E-state index contributed by atoms with van der Waals surface area (Å²) in [5.74, 6) is -1.61. The number of thioether (sulfide) groups is 12. The smallest absolute Gasteiger partial charge is 0.340 e. The van der Waals surface area contributed by atoms with E-state index in [1.165, 1.54) is 33.9 Å². The van der Waals surface area contributed by atoms with Crippen molar-refractivity contribution in [3.05, 3.63) is 33.4 Å². The van der Waals surface area contributed by atoms with E-state index in [2.05, 4.69) is 83.1 Å². The lowest BCUT2D eigenvalue weighted by Crippen LogP contribution is -2.55. The first-order chi connectivity index (χ1) is 42.8. The minimum Gasteiger partial charge on any atom is -0.465 e. The molecule has 10 heterocycles. The molecule has 0 aliphatic carbocycles. The average Bonchev–Trinajstić information content (AvgIpc) is 1.65.